The number of nitrogens with zero attached hydrogens (tertiary/aromatic N) is 2. The van der Waals surface area contributed by atoms with Gasteiger partial charge in [-0.2, -0.15) is 0 Å². The van der Waals surface area contributed by atoms with Crippen molar-refractivity contribution in [1.29, 1.82) is 0 Å². The third kappa shape index (κ3) is 4.03. The maximum Gasteiger partial charge on any atom is 0.293 e. The summed E-state index contributed by atoms with van der Waals surface area (Å²) in [6, 6.07) is 4.90. The summed E-state index contributed by atoms with van der Waals surface area (Å²) in [5.41, 5.74) is 0.800. The number of rotatable bonds is 6. The van der Waals surface area contributed by atoms with Crippen LogP contribution in [0, 0.1) is 10.1 Å². The molecular weight excluding hydrogens is 310 g/mol. The van der Waals surface area contributed by atoms with E-state index in [0.29, 0.717) is 17.8 Å². The zero-order valence-corrected chi connectivity index (χ0v) is 13.9. The molecule has 1 saturated heterocycles. The van der Waals surface area contributed by atoms with E-state index in [-0.39, 0.29) is 23.7 Å². The van der Waals surface area contributed by atoms with Crippen molar-refractivity contribution in [2.75, 3.05) is 25.1 Å². The minimum absolute atomic E-state index is 0.0447. The second-order valence-corrected chi connectivity index (χ2v) is 6.58. The molecule has 0 bridgehead atoms. The molecule has 1 aliphatic heterocycles. The molecule has 1 heterocycles. The van der Waals surface area contributed by atoms with Crippen LogP contribution < -0.4 is 10.2 Å². The van der Waals surface area contributed by atoms with Gasteiger partial charge in [-0.3, -0.25) is 14.9 Å². The summed E-state index contributed by atoms with van der Waals surface area (Å²) in [6.45, 7) is 1.36. The third-order valence-electron chi connectivity index (χ3n) is 4.51. The Labute approximate surface area is 141 Å². The Morgan fingerprint density at radius 2 is 2.17 bits per heavy atom. The first-order valence-electron chi connectivity index (χ1n) is 8.46. The van der Waals surface area contributed by atoms with Crippen LogP contribution in [0.4, 0.5) is 11.4 Å². The highest BCUT2D eigenvalue weighted by Gasteiger charge is 2.26. The topological polar surface area (TPSA) is 84.7 Å². The van der Waals surface area contributed by atoms with Crippen molar-refractivity contribution in [1.82, 2.24) is 5.32 Å². The number of carbonyl (C=O) groups excluding carboxylic acids is 1. The van der Waals surface area contributed by atoms with E-state index in [1.807, 2.05) is 11.9 Å². The van der Waals surface area contributed by atoms with Crippen LogP contribution >= 0.6 is 0 Å². The van der Waals surface area contributed by atoms with Gasteiger partial charge in [0.25, 0.3) is 11.6 Å². The number of benzene rings is 1. The number of ether oxygens (including phenoxy) is 1. The minimum atomic E-state index is -0.429. The van der Waals surface area contributed by atoms with Gasteiger partial charge in [0.05, 0.1) is 11.0 Å². The van der Waals surface area contributed by atoms with Crippen LogP contribution in [-0.4, -0.2) is 43.2 Å². The van der Waals surface area contributed by atoms with E-state index in [9.17, 15) is 14.9 Å². The first kappa shape index (κ1) is 16.7. The van der Waals surface area contributed by atoms with E-state index in [1.54, 1.807) is 12.1 Å². The Bertz CT molecular complexity index is 624. The number of anilines is 1. The summed E-state index contributed by atoms with van der Waals surface area (Å²) in [7, 11) is 1.82. The van der Waals surface area contributed by atoms with Crippen LogP contribution in [0.3, 0.4) is 0 Å². The SMILES string of the molecule is CN(CC1CCCCO1)c1ccc(C(=O)NC2CC2)cc1[N+](=O)[O-]. The Morgan fingerprint density at radius 1 is 1.38 bits per heavy atom. The van der Waals surface area contributed by atoms with Gasteiger partial charge in [-0.1, -0.05) is 0 Å². The molecule has 2 aliphatic rings. The predicted molar refractivity (Wildman–Crippen MR) is 90.4 cm³/mol. The molecule has 1 atom stereocenters. The lowest BCUT2D eigenvalue weighted by atomic mass is 10.1. The average Bonchev–Trinajstić information content (AvgIpc) is 3.39. The van der Waals surface area contributed by atoms with Gasteiger partial charge in [-0.25, -0.2) is 0 Å². The summed E-state index contributed by atoms with van der Waals surface area (Å²) in [6.07, 6.45) is 5.24. The predicted octanol–water partition coefficient (Wildman–Crippen LogP) is 2.49. The number of nitrogens with one attached hydrogen (secondary N) is 1. The fourth-order valence-electron chi connectivity index (χ4n) is 2.99. The van der Waals surface area contributed by atoms with E-state index < -0.39 is 4.92 Å². The molecule has 7 nitrogen and oxygen atoms in total. The summed E-state index contributed by atoms with van der Waals surface area (Å²) in [5, 5.41) is 14.3. The van der Waals surface area contributed by atoms with Crippen molar-refractivity contribution in [3.63, 3.8) is 0 Å². The Hall–Kier alpha value is -2.15. The Morgan fingerprint density at radius 3 is 2.79 bits per heavy atom. The van der Waals surface area contributed by atoms with Crippen LogP contribution in [0.25, 0.3) is 0 Å². The van der Waals surface area contributed by atoms with Crippen molar-refractivity contribution in [2.24, 2.45) is 0 Å². The Balaban J connectivity index is 1.75. The normalized spacial score (nSPS) is 20.5. The van der Waals surface area contributed by atoms with Gasteiger partial charge < -0.3 is 15.0 Å². The molecule has 3 rings (SSSR count). The van der Waals surface area contributed by atoms with Gasteiger partial charge in [0, 0.05) is 37.9 Å². The summed E-state index contributed by atoms with van der Waals surface area (Å²) < 4.78 is 5.71. The highest BCUT2D eigenvalue weighted by molar-refractivity contribution is 5.96. The van der Waals surface area contributed by atoms with Crippen molar-refractivity contribution >= 4 is 17.3 Å². The molecule has 2 fully saturated rings. The number of likely N-dealkylation sites (N-methyl/N-ethyl adjacent to an activating group) is 1. The van der Waals surface area contributed by atoms with Crippen molar-refractivity contribution in [2.45, 2.75) is 44.2 Å². The fourth-order valence-corrected chi connectivity index (χ4v) is 2.99. The zero-order chi connectivity index (χ0) is 17.1. The number of amides is 1. The summed E-state index contributed by atoms with van der Waals surface area (Å²) in [5.74, 6) is -0.245. The van der Waals surface area contributed by atoms with Crippen LogP contribution in [0.15, 0.2) is 18.2 Å². The number of nitro benzene ring substituents is 1. The third-order valence-corrected chi connectivity index (χ3v) is 4.51. The monoisotopic (exact) mass is 333 g/mol. The molecule has 24 heavy (non-hydrogen) atoms. The zero-order valence-electron chi connectivity index (χ0n) is 13.9. The minimum Gasteiger partial charge on any atom is -0.376 e. The van der Waals surface area contributed by atoms with E-state index in [1.165, 1.54) is 6.07 Å². The van der Waals surface area contributed by atoms with Gasteiger partial charge in [0.1, 0.15) is 5.69 Å². The van der Waals surface area contributed by atoms with Crippen LogP contribution in [0.5, 0.6) is 0 Å². The number of nitro groups is 1. The van der Waals surface area contributed by atoms with Gasteiger partial charge in [-0.15, -0.1) is 0 Å². The number of hydrogen-bond acceptors (Lipinski definition) is 5. The molecule has 1 N–H and O–H groups in total. The molecule has 1 amide bonds. The molecule has 1 aromatic rings. The average molecular weight is 333 g/mol. The number of hydrogen-bond donors (Lipinski definition) is 1. The molecule has 1 saturated carbocycles. The second kappa shape index (κ2) is 7.17. The quantitative estimate of drug-likeness (QED) is 0.638. The fraction of sp³-hybridized carbons (Fsp3) is 0.588. The first-order chi connectivity index (χ1) is 11.5. The lowest BCUT2D eigenvalue weighted by Crippen LogP contribution is -2.33. The standard InChI is InChI=1S/C17H23N3O4/c1-19(11-14-4-2-3-9-24-14)15-8-5-12(10-16(15)20(22)23)17(21)18-13-6-7-13/h5,8,10,13-14H,2-4,6-7,9,11H2,1H3,(H,18,21). The largest absolute Gasteiger partial charge is 0.376 e. The molecule has 7 heteroatoms. The first-order valence-corrected chi connectivity index (χ1v) is 8.46. The molecule has 0 aromatic heterocycles. The van der Waals surface area contributed by atoms with Crippen LogP contribution in [-0.2, 0) is 4.74 Å². The molecule has 0 spiro atoms. The van der Waals surface area contributed by atoms with E-state index >= 15 is 0 Å². The molecular formula is C17H23N3O4. The molecule has 130 valence electrons. The van der Waals surface area contributed by atoms with Crippen molar-refractivity contribution in [3.8, 4) is 0 Å². The van der Waals surface area contributed by atoms with E-state index in [0.717, 1.165) is 38.7 Å². The van der Waals surface area contributed by atoms with Gasteiger partial charge in [-0.05, 0) is 44.2 Å². The maximum atomic E-state index is 12.1. The van der Waals surface area contributed by atoms with Gasteiger partial charge in [0.2, 0.25) is 0 Å². The lowest BCUT2D eigenvalue weighted by molar-refractivity contribution is -0.384. The molecule has 0 radical (unpaired) electrons. The molecule has 1 aromatic carbocycles. The highest BCUT2D eigenvalue weighted by Crippen LogP contribution is 2.30. The highest BCUT2D eigenvalue weighted by atomic mass is 16.6. The van der Waals surface area contributed by atoms with Crippen molar-refractivity contribution < 1.29 is 14.5 Å². The summed E-state index contributed by atoms with van der Waals surface area (Å²) in [4.78, 5) is 25.0. The Kier molecular flexibility index (Phi) is 4.99. The summed E-state index contributed by atoms with van der Waals surface area (Å²) >= 11 is 0. The van der Waals surface area contributed by atoms with E-state index in [2.05, 4.69) is 5.32 Å². The molecule has 1 unspecified atom stereocenters. The maximum absolute atomic E-state index is 12.1. The molecule has 1 aliphatic carbocycles. The second-order valence-electron chi connectivity index (χ2n) is 6.58. The van der Waals surface area contributed by atoms with Crippen molar-refractivity contribution in [3.05, 3.63) is 33.9 Å². The lowest BCUT2D eigenvalue weighted by Gasteiger charge is -2.28. The van der Waals surface area contributed by atoms with Gasteiger partial charge >= 0.3 is 0 Å². The van der Waals surface area contributed by atoms with E-state index in [4.69, 9.17) is 4.74 Å². The van der Waals surface area contributed by atoms with Crippen LogP contribution in [0.1, 0.15) is 42.5 Å². The number of carbonyl (C=O) groups is 1. The van der Waals surface area contributed by atoms with Gasteiger partial charge in [0.15, 0.2) is 0 Å². The van der Waals surface area contributed by atoms with Crippen LogP contribution in [0.2, 0.25) is 0 Å². The smallest absolute Gasteiger partial charge is 0.293 e.